The molecular formula is C15H22N2O3. The number of carboxylic acid groups (broad SMARTS) is 1. The number of benzene rings is 1. The molecule has 1 aliphatic heterocycles. The van der Waals surface area contributed by atoms with E-state index in [-0.39, 0.29) is 24.6 Å². The SMILES string of the molecule is CC(N[C@@H]1CCN(C(=O)O)C[C@@H]1CO)c1ccccc1. The summed E-state index contributed by atoms with van der Waals surface area (Å²) in [6, 6.07) is 10.5. The lowest BCUT2D eigenvalue weighted by molar-refractivity contribution is 0.0779. The van der Waals surface area contributed by atoms with Gasteiger partial charge in [0.05, 0.1) is 0 Å². The Morgan fingerprint density at radius 1 is 1.45 bits per heavy atom. The summed E-state index contributed by atoms with van der Waals surface area (Å²) < 4.78 is 0. The van der Waals surface area contributed by atoms with E-state index >= 15 is 0 Å². The van der Waals surface area contributed by atoms with Gasteiger partial charge in [-0.25, -0.2) is 4.79 Å². The van der Waals surface area contributed by atoms with Crippen molar-refractivity contribution in [3.8, 4) is 0 Å². The Kier molecular flexibility index (Phi) is 4.98. The van der Waals surface area contributed by atoms with E-state index in [1.807, 2.05) is 18.2 Å². The first-order valence-corrected chi connectivity index (χ1v) is 7.01. The summed E-state index contributed by atoms with van der Waals surface area (Å²) in [6.45, 7) is 3.01. The standard InChI is InChI=1S/C15H22N2O3/c1-11(12-5-3-2-4-6-12)16-14-7-8-17(15(19)20)9-13(14)10-18/h2-6,11,13-14,16,18H,7-10H2,1H3,(H,19,20)/t11?,13-,14-/m1/s1. The first kappa shape index (κ1) is 14.8. The summed E-state index contributed by atoms with van der Waals surface area (Å²) in [5.41, 5.74) is 1.20. The molecule has 0 aromatic heterocycles. The lowest BCUT2D eigenvalue weighted by Crippen LogP contribution is -2.52. The highest BCUT2D eigenvalue weighted by molar-refractivity contribution is 5.65. The molecule has 110 valence electrons. The minimum atomic E-state index is -0.905. The third-order valence-electron chi connectivity index (χ3n) is 4.00. The van der Waals surface area contributed by atoms with Crippen LogP contribution in [0, 0.1) is 5.92 Å². The van der Waals surface area contributed by atoms with Crippen molar-refractivity contribution in [2.24, 2.45) is 5.92 Å². The topological polar surface area (TPSA) is 72.8 Å². The number of aliphatic hydroxyl groups excluding tert-OH is 1. The van der Waals surface area contributed by atoms with Crippen LogP contribution in [-0.2, 0) is 0 Å². The summed E-state index contributed by atoms with van der Waals surface area (Å²) in [6.07, 6.45) is -0.174. The van der Waals surface area contributed by atoms with Crippen LogP contribution in [0.1, 0.15) is 24.9 Å². The van der Waals surface area contributed by atoms with Gasteiger partial charge in [-0.2, -0.15) is 0 Å². The molecule has 5 nitrogen and oxygen atoms in total. The summed E-state index contributed by atoms with van der Waals surface area (Å²) >= 11 is 0. The predicted octanol–water partition coefficient (Wildman–Crippen LogP) is 1.70. The predicted molar refractivity (Wildman–Crippen MR) is 76.6 cm³/mol. The van der Waals surface area contributed by atoms with E-state index in [1.165, 1.54) is 10.5 Å². The van der Waals surface area contributed by atoms with Gasteiger partial charge >= 0.3 is 6.09 Å². The highest BCUT2D eigenvalue weighted by Crippen LogP contribution is 2.21. The van der Waals surface area contributed by atoms with Crippen molar-refractivity contribution in [1.82, 2.24) is 10.2 Å². The molecule has 1 fully saturated rings. The number of nitrogens with zero attached hydrogens (tertiary/aromatic N) is 1. The molecule has 1 unspecified atom stereocenters. The smallest absolute Gasteiger partial charge is 0.407 e. The zero-order chi connectivity index (χ0) is 14.5. The van der Waals surface area contributed by atoms with E-state index < -0.39 is 6.09 Å². The van der Waals surface area contributed by atoms with E-state index in [4.69, 9.17) is 5.11 Å². The van der Waals surface area contributed by atoms with Crippen molar-refractivity contribution in [1.29, 1.82) is 0 Å². The Bertz CT molecular complexity index is 438. The van der Waals surface area contributed by atoms with Gasteiger partial charge in [0.2, 0.25) is 0 Å². The lowest BCUT2D eigenvalue weighted by atomic mass is 9.91. The van der Waals surface area contributed by atoms with E-state index in [1.54, 1.807) is 0 Å². The first-order chi connectivity index (χ1) is 9.61. The zero-order valence-electron chi connectivity index (χ0n) is 11.7. The van der Waals surface area contributed by atoms with Crippen LogP contribution < -0.4 is 5.32 Å². The van der Waals surface area contributed by atoms with Gasteiger partial charge < -0.3 is 20.4 Å². The molecule has 1 aromatic rings. The van der Waals surface area contributed by atoms with Gasteiger partial charge in [0.1, 0.15) is 0 Å². The zero-order valence-corrected chi connectivity index (χ0v) is 11.7. The van der Waals surface area contributed by atoms with Gasteiger partial charge in [-0.05, 0) is 18.9 Å². The summed E-state index contributed by atoms with van der Waals surface area (Å²) in [5.74, 6) is -0.0500. The quantitative estimate of drug-likeness (QED) is 0.784. The number of piperidine rings is 1. The Hall–Kier alpha value is -1.59. The van der Waals surface area contributed by atoms with E-state index in [9.17, 15) is 9.90 Å². The molecule has 1 saturated heterocycles. The normalized spacial score (nSPS) is 24.4. The monoisotopic (exact) mass is 278 g/mol. The van der Waals surface area contributed by atoms with Crippen molar-refractivity contribution in [3.63, 3.8) is 0 Å². The molecule has 3 N–H and O–H groups in total. The van der Waals surface area contributed by atoms with Gasteiger partial charge in [-0.15, -0.1) is 0 Å². The molecule has 3 atom stereocenters. The maximum Gasteiger partial charge on any atom is 0.407 e. The van der Waals surface area contributed by atoms with Crippen LogP contribution in [0.15, 0.2) is 30.3 Å². The minimum absolute atomic E-state index is 0.00293. The molecule has 0 spiro atoms. The largest absolute Gasteiger partial charge is 0.465 e. The molecule has 20 heavy (non-hydrogen) atoms. The van der Waals surface area contributed by atoms with Crippen LogP contribution in [0.4, 0.5) is 4.79 Å². The molecule has 2 rings (SSSR count). The number of hydrogen-bond acceptors (Lipinski definition) is 3. The van der Waals surface area contributed by atoms with Crippen molar-refractivity contribution in [2.45, 2.75) is 25.4 Å². The van der Waals surface area contributed by atoms with Gasteiger partial charge in [-0.3, -0.25) is 0 Å². The van der Waals surface area contributed by atoms with Crippen molar-refractivity contribution in [3.05, 3.63) is 35.9 Å². The highest BCUT2D eigenvalue weighted by atomic mass is 16.4. The summed E-state index contributed by atoms with van der Waals surface area (Å²) in [4.78, 5) is 12.4. The van der Waals surface area contributed by atoms with Crippen LogP contribution in [0.5, 0.6) is 0 Å². The maximum absolute atomic E-state index is 11.0. The van der Waals surface area contributed by atoms with Crippen molar-refractivity contribution < 1.29 is 15.0 Å². The Balaban J connectivity index is 1.97. The summed E-state index contributed by atoms with van der Waals surface area (Å²) in [5, 5.41) is 22.0. The maximum atomic E-state index is 11.0. The van der Waals surface area contributed by atoms with Crippen molar-refractivity contribution in [2.75, 3.05) is 19.7 Å². The average Bonchev–Trinajstić information content (AvgIpc) is 2.48. The fraction of sp³-hybridized carbons (Fsp3) is 0.533. The second-order valence-corrected chi connectivity index (χ2v) is 5.37. The number of rotatable bonds is 4. The molecular weight excluding hydrogens is 256 g/mol. The van der Waals surface area contributed by atoms with Gasteiger partial charge in [-0.1, -0.05) is 30.3 Å². The fourth-order valence-corrected chi connectivity index (χ4v) is 2.77. The molecule has 0 radical (unpaired) electrons. The van der Waals surface area contributed by atoms with Crippen molar-refractivity contribution >= 4 is 6.09 Å². The molecule has 1 aromatic carbocycles. The second-order valence-electron chi connectivity index (χ2n) is 5.37. The summed E-state index contributed by atoms with van der Waals surface area (Å²) in [7, 11) is 0. The van der Waals surface area contributed by atoms with E-state index in [0.717, 1.165) is 6.42 Å². The number of aliphatic hydroxyl groups is 1. The average molecular weight is 278 g/mol. The van der Waals surface area contributed by atoms with Crippen LogP contribution in [0.3, 0.4) is 0 Å². The number of nitrogens with one attached hydrogen (secondary N) is 1. The lowest BCUT2D eigenvalue weighted by Gasteiger charge is -2.38. The van der Waals surface area contributed by atoms with E-state index in [2.05, 4.69) is 24.4 Å². The molecule has 0 bridgehead atoms. The Morgan fingerprint density at radius 3 is 2.75 bits per heavy atom. The van der Waals surface area contributed by atoms with Gasteiger partial charge in [0.25, 0.3) is 0 Å². The number of amides is 1. The van der Waals surface area contributed by atoms with Crippen LogP contribution in [0.25, 0.3) is 0 Å². The number of carbonyl (C=O) groups is 1. The molecule has 5 heteroatoms. The Labute approximate surface area is 119 Å². The molecule has 1 aliphatic rings. The van der Waals surface area contributed by atoms with Crippen LogP contribution in [0.2, 0.25) is 0 Å². The number of hydrogen-bond donors (Lipinski definition) is 3. The second kappa shape index (κ2) is 6.72. The third kappa shape index (κ3) is 3.49. The molecule has 1 amide bonds. The minimum Gasteiger partial charge on any atom is -0.465 e. The van der Waals surface area contributed by atoms with E-state index in [0.29, 0.717) is 13.1 Å². The van der Waals surface area contributed by atoms with Gasteiger partial charge in [0, 0.05) is 37.7 Å². The first-order valence-electron chi connectivity index (χ1n) is 7.01. The fourth-order valence-electron chi connectivity index (χ4n) is 2.77. The highest BCUT2D eigenvalue weighted by Gasteiger charge is 2.31. The molecule has 1 heterocycles. The third-order valence-corrected chi connectivity index (χ3v) is 4.00. The van der Waals surface area contributed by atoms with Crippen LogP contribution >= 0.6 is 0 Å². The molecule has 0 saturated carbocycles. The number of likely N-dealkylation sites (tertiary alicyclic amines) is 1. The molecule has 0 aliphatic carbocycles. The van der Waals surface area contributed by atoms with Gasteiger partial charge in [0.15, 0.2) is 0 Å². The van der Waals surface area contributed by atoms with Crippen LogP contribution in [-0.4, -0.2) is 46.9 Å². The Morgan fingerprint density at radius 2 is 2.15 bits per heavy atom.